The van der Waals surface area contributed by atoms with Crippen LogP contribution in [-0.2, 0) is 9.59 Å². The molecule has 3 rings (SSSR count). The maximum atomic E-state index is 12.9. The smallest absolute Gasteiger partial charge is 0.241 e. The first-order valence-electron chi connectivity index (χ1n) is 8.91. The van der Waals surface area contributed by atoms with Gasteiger partial charge in [-0.2, -0.15) is 0 Å². The Morgan fingerprint density at radius 1 is 1.29 bits per heavy atom. The van der Waals surface area contributed by atoms with Gasteiger partial charge in [-0.15, -0.1) is 0 Å². The van der Waals surface area contributed by atoms with Crippen LogP contribution in [0.15, 0.2) is 23.4 Å². The molecular formula is C18H25N3O2S. The average Bonchev–Trinajstić information content (AvgIpc) is 2.88. The minimum Gasteiger partial charge on any atom is -0.343 e. The van der Waals surface area contributed by atoms with E-state index in [2.05, 4.69) is 11.9 Å². The molecule has 2 amide bonds. The van der Waals surface area contributed by atoms with Crippen LogP contribution in [0.2, 0.25) is 0 Å². The predicted molar refractivity (Wildman–Crippen MR) is 96.2 cm³/mol. The molecule has 1 atom stereocenters. The highest BCUT2D eigenvalue weighted by molar-refractivity contribution is 8.00. The minimum absolute atomic E-state index is 0.0468. The molecule has 0 bridgehead atoms. The number of hydrogen-bond acceptors (Lipinski definition) is 4. The van der Waals surface area contributed by atoms with E-state index in [1.165, 1.54) is 24.6 Å². The number of anilines is 1. The van der Waals surface area contributed by atoms with E-state index in [1.54, 1.807) is 11.1 Å². The van der Waals surface area contributed by atoms with Crippen molar-refractivity contribution in [1.82, 2.24) is 9.88 Å². The van der Waals surface area contributed by atoms with Crippen LogP contribution in [0.1, 0.15) is 45.4 Å². The average molecular weight is 347 g/mol. The number of amides is 2. The second-order valence-electron chi connectivity index (χ2n) is 6.42. The molecule has 2 aliphatic rings. The Morgan fingerprint density at radius 2 is 2.04 bits per heavy atom. The number of pyridine rings is 1. The maximum absolute atomic E-state index is 12.9. The van der Waals surface area contributed by atoms with Gasteiger partial charge >= 0.3 is 0 Å². The van der Waals surface area contributed by atoms with Crippen LogP contribution in [0, 0.1) is 0 Å². The molecule has 2 aliphatic heterocycles. The summed E-state index contributed by atoms with van der Waals surface area (Å²) in [6.45, 7) is 4.39. The molecule has 6 heteroatoms. The van der Waals surface area contributed by atoms with Crippen LogP contribution in [0.3, 0.4) is 0 Å². The molecule has 0 radical (unpaired) electrons. The monoisotopic (exact) mass is 347 g/mol. The second kappa shape index (κ2) is 8.01. The topological polar surface area (TPSA) is 53.5 Å². The van der Waals surface area contributed by atoms with Crippen LogP contribution < -0.4 is 4.90 Å². The van der Waals surface area contributed by atoms with E-state index in [-0.39, 0.29) is 23.5 Å². The molecule has 0 unspecified atom stereocenters. The third-order valence-corrected chi connectivity index (χ3v) is 5.79. The van der Waals surface area contributed by atoms with Gasteiger partial charge in [0.2, 0.25) is 11.8 Å². The number of likely N-dealkylation sites (tertiary alicyclic amines) is 1. The van der Waals surface area contributed by atoms with Crippen LogP contribution in [0.5, 0.6) is 0 Å². The Morgan fingerprint density at radius 3 is 2.75 bits per heavy atom. The zero-order valence-electron chi connectivity index (χ0n) is 14.2. The first kappa shape index (κ1) is 17.3. The molecule has 0 N–H and O–H groups in total. The third kappa shape index (κ3) is 3.74. The summed E-state index contributed by atoms with van der Waals surface area (Å²) in [4.78, 5) is 33.7. The summed E-state index contributed by atoms with van der Waals surface area (Å²) in [5, 5.41) is 0.508. The molecule has 0 spiro atoms. The van der Waals surface area contributed by atoms with Gasteiger partial charge in [0.15, 0.2) is 0 Å². The number of aromatic nitrogens is 1. The van der Waals surface area contributed by atoms with Crippen molar-refractivity contribution in [2.75, 3.05) is 24.5 Å². The molecule has 0 saturated carbocycles. The van der Waals surface area contributed by atoms with E-state index in [0.717, 1.165) is 43.1 Å². The molecular weight excluding hydrogens is 322 g/mol. The Hall–Kier alpha value is -1.56. The lowest BCUT2D eigenvalue weighted by Gasteiger charge is -2.33. The standard InChI is InChI=1S/C18H25N3O2S/c1-2-10-21-14-8-7-9-19-17(14)24-15(18(21)23)13-16(22)20-11-5-3-4-6-12-20/h7-9,15H,2-6,10-13H2,1H3/t15-/m0/s1. The van der Waals surface area contributed by atoms with Gasteiger partial charge in [0.1, 0.15) is 5.03 Å². The minimum atomic E-state index is -0.352. The number of hydrogen-bond donors (Lipinski definition) is 0. The lowest BCUT2D eigenvalue weighted by atomic mass is 10.2. The van der Waals surface area contributed by atoms with E-state index in [4.69, 9.17) is 0 Å². The number of carbonyl (C=O) groups excluding carboxylic acids is 2. The van der Waals surface area contributed by atoms with Gasteiger partial charge in [0.25, 0.3) is 0 Å². The molecule has 1 saturated heterocycles. The van der Waals surface area contributed by atoms with Gasteiger partial charge in [-0.05, 0) is 31.4 Å². The quantitative estimate of drug-likeness (QED) is 0.840. The largest absolute Gasteiger partial charge is 0.343 e. The van der Waals surface area contributed by atoms with Crippen molar-refractivity contribution in [2.24, 2.45) is 0 Å². The van der Waals surface area contributed by atoms with Crippen LogP contribution in [0.25, 0.3) is 0 Å². The molecule has 0 aliphatic carbocycles. The number of nitrogens with zero attached hydrogens (tertiary/aromatic N) is 3. The third-order valence-electron chi connectivity index (χ3n) is 4.60. The molecule has 24 heavy (non-hydrogen) atoms. The molecule has 1 aromatic heterocycles. The summed E-state index contributed by atoms with van der Waals surface area (Å²) in [7, 11) is 0. The summed E-state index contributed by atoms with van der Waals surface area (Å²) < 4.78 is 0. The fraction of sp³-hybridized carbons (Fsp3) is 0.611. The number of carbonyl (C=O) groups is 2. The summed E-state index contributed by atoms with van der Waals surface area (Å²) >= 11 is 1.44. The van der Waals surface area contributed by atoms with Crippen LogP contribution >= 0.6 is 11.8 Å². The van der Waals surface area contributed by atoms with Crippen molar-refractivity contribution in [3.05, 3.63) is 18.3 Å². The molecule has 3 heterocycles. The zero-order valence-corrected chi connectivity index (χ0v) is 15.1. The molecule has 1 fully saturated rings. The van der Waals surface area contributed by atoms with E-state index in [9.17, 15) is 9.59 Å². The Bertz CT molecular complexity index is 600. The summed E-state index contributed by atoms with van der Waals surface area (Å²) in [6, 6.07) is 3.80. The van der Waals surface area contributed by atoms with Gasteiger partial charge < -0.3 is 9.80 Å². The highest BCUT2D eigenvalue weighted by Crippen LogP contribution is 2.39. The van der Waals surface area contributed by atoms with Gasteiger partial charge in [-0.25, -0.2) is 4.98 Å². The number of rotatable bonds is 4. The number of fused-ring (bicyclic) bond motifs is 1. The van der Waals surface area contributed by atoms with Gasteiger partial charge in [-0.3, -0.25) is 9.59 Å². The maximum Gasteiger partial charge on any atom is 0.241 e. The normalized spacial score (nSPS) is 21.4. The highest BCUT2D eigenvalue weighted by Gasteiger charge is 2.36. The van der Waals surface area contributed by atoms with E-state index >= 15 is 0 Å². The predicted octanol–water partition coefficient (Wildman–Crippen LogP) is 3.09. The second-order valence-corrected chi connectivity index (χ2v) is 7.61. The van der Waals surface area contributed by atoms with Crippen molar-refractivity contribution in [3.63, 3.8) is 0 Å². The first-order chi connectivity index (χ1) is 11.7. The highest BCUT2D eigenvalue weighted by atomic mass is 32.2. The fourth-order valence-corrected chi connectivity index (χ4v) is 4.49. The molecule has 5 nitrogen and oxygen atoms in total. The first-order valence-corrected chi connectivity index (χ1v) is 9.79. The van der Waals surface area contributed by atoms with Crippen molar-refractivity contribution < 1.29 is 9.59 Å². The molecule has 1 aromatic rings. The number of thioether (sulfide) groups is 1. The SMILES string of the molecule is CCCN1C(=O)[C@H](CC(=O)N2CCCCCC2)Sc2ncccc21. The summed E-state index contributed by atoms with van der Waals surface area (Å²) in [6.07, 6.45) is 7.45. The summed E-state index contributed by atoms with van der Waals surface area (Å²) in [5.74, 6) is 0.157. The van der Waals surface area contributed by atoms with Crippen LogP contribution in [0.4, 0.5) is 5.69 Å². The lowest BCUT2D eigenvalue weighted by Crippen LogP contribution is -2.44. The van der Waals surface area contributed by atoms with E-state index in [1.807, 2.05) is 17.0 Å². The Kier molecular flexibility index (Phi) is 5.76. The lowest BCUT2D eigenvalue weighted by molar-refractivity contribution is -0.132. The van der Waals surface area contributed by atoms with Gasteiger partial charge in [0.05, 0.1) is 10.9 Å². The van der Waals surface area contributed by atoms with Gasteiger partial charge in [-0.1, -0.05) is 31.5 Å². The molecule has 130 valence electrons. The van der Waals surface area contributed by atoms with Crippen molar-refractivity contribution in [1.29, 1.82) is 0 Å². The van der Waals surface area contributed by atoms with Crippen molar-refractivity contribution >= 4 is 29.3 Å². The van der Waals surface area contributed by atoms with Crippen LogP contribution in [-0.4, -0.2) is 46.6 Å². The van der Waals surface area contributed by atoms with E-state index < -0.39 is 0 Å². The van der Waals surface area contributed by atoms with Crippen molar-refractivity contribution in [3.8, 4) is 0 Å². The Balaban J connectivity index is 1.74. The zero-order chi connectivity index (χ0) is 16.9. The van der Waals surface area contributed by atoms with E-state index in [0.29, 0.717) is 6.54 Å². The fourth-order valence-electron chi connectivity index (χ4n) is 3.35. The van der Waals surface area contributed by atoms with Crippen molar-refractivity contribution in [2.45, 2.75) is 55.7 Å². The molecule has 0 aromatic carbocycles. The Labute approximate surface area is 147 Å². The van der Waals surface area contributed by atoms with Gasteiger partial charge in [0, 0.05) is 32.3 Å². The summed E-state index contributed by atoms with van der Waals surface area (Å²) in [5.41, 5.74) is 0.882.